The molecule has 0 unspecified atom stereocenters. The lowest BCUT2D eigenvalue weighted by Crippen LogP contribution is -2.33. The number of benzene rings is 4. The van der Waals surface area contributed by atoms with Crippen LogP contribution in [0.5, 0.6) is 0 Å². The molecule has 0 atom stereocenters. The number of fused-ring (bicyclic) bond motifs is 10. The maximum absolute atomic E-state index is 14.7. The second-order valence-corrected chi connectivity index (χ2v) is 23.0. The van der Waals surface area contributed by atoms with Crippen molar-refractivity contribution in [2.75, 3.05) is 13.1 Å². The third kappa shape index (κ3) is 6.79. The molecule has 2 aliphatic rings. The monoisotopic (exact) mass is 890 g/mol. The summed E-state index contributed by atoms with van der Waals surface area (Å²) in [7, 11) is 0. The van der Waals surface area contributed by atoms with Gasteiger partial charge in [-0.05, 0) is 155 Å². The number of thiophene rings is 4. The Kier molecular flexibility index (Phi) is 10.8. The molecule has 0 fully saturated rings. The standard InChI is InChI=1S/C54H54N2O2S4/c1-9-11-13-33-24-38-36-17-20-42-40(48(36)34(14-12-10-2)25-37(38)35-16-19-41-39(47(33)35)23-32(8)60-41)26-46(61-42)43-21-22-45(62-43)52-50-49(53(57)56(52)28-30(5)6)51(44-18-15-31(7)59-44)55(54(50)58)27-29(3)4/h15-26,29-30H,9-14,27-28H2,1-8H3. The number of rotatable bonds is 13. The van der Waals surface area contributed by atoms with E-state index in [4.69, 9.17) is 0 Å². The normalized spacial score (nSPS) is 14.8. The SMILES string of the molecule is CCCCc1cc2c(cc(CCCC)c3c4cc(-c5ccc(C6=C7C(=O)N(CC(C)C)C(c8ccc(C)s8)=C7C(=O)N6CC(C)C)s5)sc4ccc23)c2ccc3sc(C)cc3c12. The van der Waals surface area contributed by atoms with E-state index in [1.165, 1.54) is 86.2 Å². The van der Waals surface area contributed by atoms with E-state index < -0.39 is 0 Å². The zero-order chi connectivity index (χ0) is 43.1. The second kappa shape index (κ2) is 16.2. The first kappa shape index (κ1) is 41.4. The zero-order valence-corrected chi connectivity index (χ0v) is 40.3. The minimum atomic E-state index is -0.0556. The van der Waals surface area contributed by atoms with E-state index in [-0.39, 0.29) is 23.7 Å². The van der Waals surface area contributed by atoms with Gasteiger partial charge in [0.25, 0.3) is 11.8 Å². The van der Waals surface area contributed by atoms with Crippen LogP contribution in [0.25, 0.3) is 73.6 Å². The molecular formula is C54H54N2O2S4. The molecule has 10 rings (SSSR count). The van der Waals surface area contributed by atoms with Crippen LogP contribution in [-0.4, -0.2) is 34.7 Å². The number of nitrogens with zero attached hydrogens (tertiary/aromatic N) is 2. The summed E-state index contributed by atoms with van der Waals surface area (Å²) in [5.74, 6) is 0.375. The van der Waals surface area contributed by atoms with E-state index in [9.17, 15) is 9.59 Å². The lowest BCUT2D eigenvalue weighted by Gasteiger charge is -2.26. The van der Waals surface area contributed by atoms with Crippen LogP contribution in [0.15, 0.2) is 83.9 Å². The Bertz CT molecular complexity index is 3200. The van der Waals surface area contributed by atoms with Crippen LogP contribution in [0.2, 0.25) is 0 Å². The fourth-order valence-corrected chi connectivity index (χ4v) is 14.1. The van der Waals surface area contributed by atoms with E-state index in [1.807, 2.05) is 32.5 Å². The molecule has 8 aromatic rings. The molecule has 2 amide bonds. The van der Waals surface area contributed by atoms with Gasteiger partial charge in [0.15, 0.2) is 0 Å². The highest BCUT2D eigenvalue weighted by Gasteiger charge is 2.49. The van der Waals surface area contributed by atoms with E-state index >= 15 is 0 Å². The Hall–Kier alpha value is -4.60. The zero-order valence-electron chi connectivity index (χ0n) is 37.1. The van der Waals surface area contributed by atoms with Crippen LogP contribution in [0, 0.1) is 25.7 Å². The van der Waals surface area contributed by atoms with Crippen molar-refractivity contribution in [2.45, 2.75) is 93.9 Å². The Balaban J connectivity index is 1.14. The lowest BCUT2D eigenvalue weighted by molar-refractivity contribution is -0.124. The number of carbonyl (C=O) groups excluding carboxylic acids is 2. The highest BCUT2D eigenvalue weighted by Crippen LogP contribution is 2.51. The van der Waals surface area contributed by atoms with Crippen molar-refractivity contribution < 1.29 is 9.59 Å². The molecule has 0 radical (unpaired) electrons. The average Bonchev–Trinajstić information content (AvgIpc) is 4.10. The number of amides is 2. The highest BCUT2D eigenvalue weighted by atomic mass is 32.1. The summed E-state index contributed by atoms with van der Waals surface area (Å²) in [6.07, 6.45) is 6.74. The molecule has 6 heterocycles. The molecule has 4 nitrogen and oxygen atoms in total. The molecule has 316 valence electrons. The minimum absolute atomic E-state index is 0.0556. The van der Waals surface area contributed by atoms with Crippen molar-refractivity contribution in [3.8, 4) is 9.75 Å². The van der Waals surface area contributed by atoms with Gasteiger partial charge >= 0.3 is 0 Å². The third-order valence-electron chi connectivity index (χ3n) is 12.6. The summed E-state index contributed by atoms with van der Waals surface area (Å²) < 4.78 is 2.67. The van der Waals surface area contributed by atoms with Crippen molar-refractivity contribution in [3.05, 3.63) is 115 Å². The van der Waals surface area contributed by atoms with Gasteiger partial charge in [-0.25, -0.2) is 0 Å². The summed E-state index contributed by atoms with van der Waals surface area (Å²) in [6.45, 7) is 18.6. The molecule has 4 aromatic heterocycles. The minimum Gasteiger partial charge on any atom is -0.306 e. The van der Waals surface area contributed by atoms with Gasteiger partial charge in [-0.3, -0.25) is 9.59 Å². The van der Waals surface area contributed by atoms with Crippen LogP contribution < -0.4 is 0 Å². The summed E-state index contributed by atoms with van der Waals surface area (Å²) >= 11 is 7.12. The Morgan fingerprint density at radius 2 is 0.984 bits per heavy atom. The quantitative estimate of drug-likeness (QED) is 0.108. The highest BCUT2D eigenvalue weighted by molar-refractivity contribution is 7.26. The predicted molar refractivity (Wildman–Crippen MR) is 271 cm³/mol. The van der Waals surface area contributed by atoms with Gasteiger partial charge in [0.05, 0.1) is 32.3 Å². The average molecular weight is 891 g/mol. The number of aryl methyl sites for hydroxylation is 4. The van der Waals surface area contributed by atoms with Crippen molar-refractivity contribution >= 4 is 121 Å². The molecule has 0 aliphatic carbocycles. The molecule has 8 heteroatoms. The number of hydrogen-bond acceptors (Lipinski definition) is 6. The molecule has 0 spiro atoms. The van der Waals surface area contributed by atoms with Gasteiger partial charge in [-0.15, -0.1) is 45.3 Å². The van der Waals surface area contributed by atoms with Crippen LogP contribution in [-0.2, 0) is 22.4 Å². The van der Waals surface area contributed by atoms with Crippen molar-refractivity contribution in [3.63, 3.8) is 0 Å². The maximum atomic E-state index is 14.7. The predicted octanol–water partition coefficient (Wildman–Crippen LogP) is 15.8. The fourth-order valence-electron chi connectivity index (χ4n) is 9.98. The summed E-state index contributed by atoms with van der Waals surface area (Å²) in [5, 5.41) is 11.0. The van der Waals surface area contributed by atoms with E-state index in [0.717, 1.165) is 56.6 Å². The number of hydrogen-bond donors (Lipinski definition) is 0. The van der Waals surface area contributed by atoms with Crippen molar-refractivity contribution in [1.29, 1.82) is 0 Å². The molecule has 4 aromatic carbocycles. The van der Waals surface area contributed by atoms with Gasteiger partial charge in [0, 0.05) is 52.8 Å². The Labute approximate surface area is 381 Å². The molecule has 0 saturated carbocycles. The summed E-state index contributed by atoms with van der Waals surface area (Å²) in [4.78, 5) is 40.0. The van der Waals surface area contributed by atoms with Crippen molar-refractivity contribution in [1.82, 2.24) is 9.80 Å². The van der Waals surface area contributed by atoms with Crippen LogP contribution in [0.1, 0.15) is 97.9 Å². The first-order chi connectivity index (χ1) is 29.9. The molecule has 0 saturated heterocycles. The van der Waals surface area contributed by atoms with E-state index in [2.05, 4.69) is 128 Å². The Morgan fingerprint density at radius 1 is 0.484 bits per heavy atom. The topological polar surface area (TPSA) is 40.6 Å². The first-order valence-corrected chi connectivity index (χ1v) is 25.8. The summed E-state index contributed by atoms with van der Waals surface area (Å²) in [6, 6.07) is 27.9. The fraction of sp³-hybridized carbons (Fsp3) is 0.333. The van der Waals surface area contributed by atoms with Crippen LogP contribution in [0.3, 0.4) is 0 Å². The van der Waals surface area contributed by atoms with Gasteiger partial charge in [0.2, 0.25) is 0 Å². The van der Waals surface area contributed by atoms with Gasteiger partial charge in [-0.1, -0.05) is 66.5 Å². The number of carbonyl (C=O) groups is 2. The second-order valence-electron chi connectivity index (χ2n) is 18.3. The number of unbranched alkanes of at least 4 members (excludes halogenated alkanes) is 2. The molecule has 0 bridgehead atoms. The van der Waals surface area contributed by atoms with Crippen LogP contribution >= 0.6 is 45.3 Å². The van der Waals surface area contributed by atoms with Gasteiger partial charge in [-0.2, -0.15) is 0 Å². The summed E-state index contributed by atoms with van der Waals surface area (Å²) in [5.41, 5.74) is 5.60. The third-order valence-corrected chi connectivity index (χ3v) is 17.0. The molecule has 62 heavy (non-hydrogen) atoms. The Morgan fingerprint density at radius 3 is 1.50 bits per heavy atom. The lowest BCUT2D eigenvalue weighted by atomic mass is 9.87. The van der Waals surface area contributed by atoms with E-state index in [0.29, 0.717) is 24.2 Å². The van der Waals surface area contributed by atoms with Gasteiger partial charge in [0.1, 0.15) is 0 Å². The van der Waals surface area contributed by atoms with Crippen LogP contribution in [0.4, 0.5) is 0 Å². The smallest absolute Gasteiger partial charge is 0.261 e. The molecular weight excluding hydrogens is 837 g/mol. The maximum Gasteiger partial charge on any atom is 0.261 e. The molecule has 2 aliphatic heterocycles. The van der Waals surface area contributed by atoms with E-state index in [1.54, 1.807) is 22.7 Å². The van der Waals surface area contributed by atoms with Gasteiger partial charge < -0.3 is 9.80 Å². The largest absolute Gasteiger partial charge is 0.306 e. The molecule has 0 N–H and O–H groups in total. The van der Waals surface area contributed by atoms with Crippen molar-refractivity contribution in [2.24, 2.45) is 11.8 Å². The first-order valence-electron chi connectivity index (χ1n) is 22.5.